The number of anilines is 1. The summed E-state index contributed by atoms with van der Waals surface area (Å²) in [4.78, 5) is 11.5. The van der Waals surface area contributed by atoms with E-state index < -0.39 is 5.82 Å². The number of nitrogens with one attached hydrogen (secondary N) is 2. The molecule has 0 aromatic heterocycles. The van der Waals surface area contributed by atoms with Gasteiger partial charge >= 0.3 is 6.03 Å². The van der Waals surface area contributed by atoms with Crippen LogP contribution in [0.1, 0.15) is 12.8 Å². The van der Waals surface area contributed by atoms with E-state index in [9.17, 15) is 9.18 Å². The summed E-state index contributed by atoms with van der Waals surface area (Å²) in [6.07, 6.45) is 1.89. The highest BCUT2D eigenvalue weighted by molar-refractivity contribution is 5.89. The molecule has 0 heterocycles. The van der Waals surface area contributed by atoms with Crippen molar-refractivity contribution in [3.8, 4) is 0 Å². The van der Waals surface area contributed by atoms with Gasteiger partial charge in [0.2, 0.25) is 0 Å². The van der Waals surface area contributed by atoms with Crippen LogP contribution in [0.5, 0.6) is 0 Å². The molecule has 92 valence electrons. The lowest BCUT2D eigenvalue weighted by Gasteiger charge is -2.32. The van der Waals surface area contributed by atoms with Gasteiger partial charge in [-0.05, 0) is 30.9 Å². The quantitative estimate of drug-likeness (QED) is 0.748. The van der Waals surface area contributed by atoms with Gasteiger partial charge in [-0.3, -0.25) is 0 Å². The molecule has 0 radical (unpaired) electrons. The van der Waals surface area contributed by atoms with E-state index in [0.717, 1.165) is 12.8 Å². The van der Waals surface area contributed by atoms with Crippen LogP contribution in [0.15, 0.2) is 24.3 Å². The Kier molecular flexibility index (Phi) is 3.58. The van der Waals surface area contributed by atoms with Crippen LogP contribution in [0.3, 0.4) is 0 Å². The highest BCUT2D eigenvalue weighted by Crippen LogP contribution is 2.24. The maximum Gasteiger partial charge on any atom is 0.319 e. The Morgan fingerprint density at radius 2 is 2.12 bits per heavy atom. The van der Waals surface area contributed by atoms with E-state index in [-0.39, 0.29) is 17.8 Å². The molecule has 5 heteroatoms. The molecule has 1 aromatic carbocycles. The number of hydrogen-bond acceptors (Lipinski definition) is 2. The van der Waals surface area contributed by atoms with E-state index >= 15 is 0 Å². The number of urea groups is 1. The second kappa shape index (κ2) is 5.14. The fourth-order valence-corrected chi connectivity index (χ4v) is 1.92. The van der Waals surface area contributed by atoms with Crippen LogP contribution in [0.4, 0.5) is 14.9 Å². The Balaban J connectivity index is 1.76. The normalized spacial score (nSPS) is 22.7. The number of carbonyl (C=O) groups is 1. The summed E-state index contributed by atoms with van der Waals surface area (Å²) in [6, 6.07) is 5.97. The van der Waals surface area contributed by atoms with Gasteiger partial charge in [-0.25, -0.2) is 9.18 Å². The molecule has 2 rings (SSSR count). The molecule has 4 nitrogen and oxygen atoms in total. The maximum absolute atomic E-state index is 13.2. The van der Waals surface area contributed by atoms with Crippen LogP contribution in [0.2, 0.25) is 0 Å². The number of benzene rings is 1. The van der Waals surface area contributed by atoms with Crippen LogP contribution in [0.25, 0.3) is 0 Å². The van der Waals surface area contributed by atoms with Gasteiger partial charge in [0.15, 0.2) is 0 Å². The minimum absolute atomic E-state index is 0.190. The Morgan fingerprint density at radius 1 is 1.41 bits per heavy atom. The van der Waals surface area contributed by atoms with Gasteiger partial charge in [-0.2, -0.15) is 0 Å². The summed E-state index contributed by atoms with van der Waals surface area (Å²) in [5.41, 5.74) is 5.83. The molecule has 1 aromatic rings. The van der Waals surface area contributed by atoms with Gasteiger partial charge in [0.25, 0.3) is 0 Å². The van der Waals surface area contributed by atoms with Crippen LogP contribution >= 0.6 is 0 Å². The Bertz CT molecular complexity index is 404. The molecule has 0 aliphatic heterocycles. The number of hydrogen-bond donors (Lipinski definition) is 3. The van der Waals surface area contributed by atoms with Crippen molar-refractivity contribution in [1.82, 2.24) is 5.32 Å². The number of carbonyl (C=O) groups excluding carboxylic acids is 1. The van der Waals surface area contributed by atoms with Crippen molar-refractivity contribution in [3.63, 3.8) is 0 Å². The topological polar surface area (TPSA) is 67.1 Å². The molecule has 1 aliphatic carbocycles. The first-order valence-electron chi connectivity index (χ1n) is 5.70. The van der Waals surface area contributed by atoms with Crippen molar-refractivity contribution >= 4 is 11.7 Å². The van der Waals surface area contributed by atoms with Crippen molar-refractivity contribution in [3.05, 3.63) is 30.1 Å². The van der Waals surface area contributed by atoms with Crippen LogP contribution < -0.4 is 16.4 Å². The van der Waals surface area contributed by atoms with Gasteiger partial charge in [-0.15, -0.1) is 0 Å². The van der Waals surface area contributed by atoms with Crippen molar-refractivity contribution < 1.29 is 9.18 Å². The van der Waals surface area contributed by atoms with Gasteiger partial charge in [0.1, 0.15) is 5.82 Å². The predicted molar refractivity (Wildman–Crippen MR) is 64.1 cm³/mol. The number of nitrogens with two attached hydrogens (primary N) is 1. The molecule has 0 atom stereocenters. The smallest absolute Gasteiger partial charge is 0.319 e. The van der Waals surface area contributed by atoms with Gasteiger partial charge in [0, 0.05) is 12.6 Å². The molecule has 0 saturated heterocycles. The van der Waals surface area contributed by atoms with E-state index in [1.165, 1.54) is 12.1 Å². The molecule has 0 spiro atoms. The summed E-state index contributed by atoms with van der Waals surface area (Å²) in [7, 11) is 0. The average Bonchev–Trinajstić information content (AvgIpc) is 2.26. The van der Waals surface area contributed by atoms with E-state index in [0.29, 0.717) is 12.5 Å². The molecule has 0 bridgehead atoms. The van der Waals surface area contributed by atoms with Crippen molar-refractivity contribution in [2.75, 3.05) is 11.9 Å². The van der Waals surface area contributed by atoms with Crippen LogP contribution in [0, 0.1) is 11.7 Å². The molecular formula is C12H16FN3O. The van der Waals surface area contributed by atoms with E-state index in [2.05, 4.69) is 10.6 Å². The first-order valence-corrected chi connectivity index (χ1v) is 5.70. The zero-order valence-electron chi connectivity index (χ0n) is 9.45. The van der Waals surface area contributed by atoms with E-state index in [1.807, 2.05) is 0 Å². The lowest BCUT2D eigenvalue weighted by Crippen LogP contribution is -2.43. The number of para-hydroxylation sites is 1. The second-order valence-electron chi connectivity index (χ2n) is 4.41. The van der Waals surface area contributed by atoms with Gasteiger partial charge in [-0.1, -0.05) is 12.1 Å². The van der Waals surface area contributed by atoms with Crippen LogP contribution in [-0.2, 0) is 0 Å². The lowest BCUT2D eigenvalue weighted by atomic mass is 9.81. The Labute approximate surface area is 99.4 Å². The molecule has 1 saturated carbocycles. The molecule has 1 aliphatic rings. The number of rotatable bonds is 3. The third kappa shape index (κ3) is 3.17. The zero-order valence-corrected chi connectivity index (χ0v) is 9.45. The summed E-state index contributed by atoms with van der Waals surface area (Å²) < 4.78 is 13.2. The molecule has 1 fully saturated rings. The monoisotopic (exact) mass is 237 g/mol. The third-order valence-electron chi connectivity index (χ3n) is 2.95. The summed E-state index contributed by atoms with van der Waals surface area (Å²) in [5.74, 6) is 0.0182. The molecule has 2 amide bonds. The van der Waals surface area contributed by atoms with Crippen molar-refractivity contribution in [2.45, 2.75) is 18.9 Å². The fourth-order valence-electron chi connectivity index (χ4n) is 1.92. The van der Waals surface area contributed by atoms with Gasteiger partial charge in [0.05, 0.1) is 5.69 Å². The summed E-state index contributed by atoms with van der Waals surface area (Å²) >= 11 is 0. The third-order valence-corrected chi connectivity index (χ3v) is 2.95. The number of amides is 2. The van der Waals surface area contributed by atoms with Crippen molar-refractivity contribution in [2.24, 2.45) is 11.7 Å². The SMILES string of the molecule is NC1CC(CNC(=O)Nc2ccccc2F)C1. The summed E-state index contributed by atoms with van der Waals surface area (Å²) in [5, 5.41) is 5.18. The Morgan fingerprint density at radius 3 is 2.76 bits per heavy atom. The fraction of sp³-hybridized carbons (Fsp3) is 0.417. The largest absolute Gasteiger partial charge is 0.338 e. The molecule has 4 N–H and O–H groups in total. The summed E-state index contributed by atoms with van der Waals surface area (Å²) in [6.45, 7) is 0.591. The second-order valence-corrected chi connectivity index (χ2v) is 4.41. The minimum Gasteiger partial charge on any atom is -0.338 e. The highest BCUT2D eigenvalue weighted by atomic mass is 19.1. The van der Waals surface area contributed by atoms with E-state index in [4.69, 9.17) is 5.73 Å². The predicted octanol–water partition coefficient (Wildman–Crippen LogP) is 1.68. The maximum atomic E-state index is 13.2. The minimum atomic E-state index is -0.437. The molecule has 17 heavy (non-hydrogen) atoms. The van der Waals surface area contributed by atoms with E-state index in [1.54, 1.807) is 12.1 Å². The standard InChI is InChI=1S/C12H16FN3O/c13-10-3-1-2-4-11(10)16-12(17)15-7-8-5-9(14)6-8/h1-4,8-9H,5-7,14H2,(H2,15,16,17). The molecule has 0 unspecified atom stereocenters. The number of halogens is 1. The first kappa shape index (κ1) is 11.9. The lowest BCUT2D eigenvalue weighted by molar-refractivity contribution is 0.234. The average molecular weight is 237 g/mol. The molecular weight excluding hydrogens is 221 g/mol. The van der Waals surface area contributed by atoms with Gasteiger partial charge < -0.3 is 16.4 Å². The zero-order chi connectivity index (χ0) is 12.3. The first-order chi connectivity index (χ1) is 8.15. The Hall–Kier alpha value is -1.62. The highest BCUT2D eigenvalue weighted by Gasteiger charge is 2.25. The van der Waals surface area contributed by atoms with Crippen LogP contribution in [-0.4, -0.2) is 18.6 Å². The van der Waals surface area contributed by atoms with Crippen molar-refractivity contribution in [1.29, 1.82) is 0 Å².